The predicted octanol–water partition coefficient (Wildman–Crippen LogP) is 3.15. The molecule has 0 amide bonds. The van der Waals surface area contributed by atoms with Gasteiger partial charge in [-0.3, -0.25) is 0 Å². The van der Waals surface area contributed by atoms with Gasteiger partial charge in [0.25, 0.3) is 0 Å². The zero-order valence-electron chi connectivity index (χ0n) is 10.3. The van der Waals surface area contributed by atoms with E-state index < -0.39 is 0 Å². The first kappa shape index (κ1) is 13.4. The lowest BCUT2D eigenvalue weighted by Gasteiger charge is -2.15. The number of thioether (sulfide) groups is 1. The van der Waals surface area contributed by atoms with Crippen molar-refractivity contribution in [1.29, 1.82) is 0 Å². The third kappa shape index (κ3) is 3.72. The molecule has 1 aromatic carbocycles. The first-order valence-electron chi connectivity index (χ1n) is 5.67. The minimum absolute atomic E-state index is 0.127. The number of benzene rings is 1. The summed E-state index contributed by atoms with van der Waals surface area (Å²) in [6.45, 7) is 4.28. The number of aryl methyl sites for hydroxylation is 1. The molecule has 3 heteroatoms. The molecule has 1 rings (SSSR count). The maximum atomic E-state index is 6.17. The average molecular weight is 239 g/mol. The van der Waals surface area contributed by atoms with E-state index in [4.69, 9.17) is 10.5 Å². The largest absolute Gasteiger partial charge is 0.497 e. The van der Waals surface area contributed by atoms with Crippen molar-refractivity contribution in [1.82, 2.24) is 0 Å². The highest BCUT2D eigenvalue weighted by molar-refractivity contribution is 7.99. The minimum Gasteiger partial charge on any atom is -0.497 e. The SMILES string of the molecule is CCCSCC(N)c1ccc(OC)cc1C. The molecular formula is C13H21NOS. The Morgan fingerprint density at radius 1 is 1.44 bits per heavy atom. The zero-order chi connectivity index (χ0) is 12.0. The van der Waals surface area contributed by atoms with E-state index in [2.05, 4.69) is 19.9 Å². The number of ether oxygens (including phenoxy) is 1. The Morgan fingerprint density at radius 3 is 2.75 bits per heavy atom. The van der Waals surface area contributed by atoms with Crippen LogP contribution in [0, 0.1) is 6.92 Å². The molecule has 0 bridgehead atoms. The van der Waals surface area contributed by atoms with Crippen LogP contribution in [0.15, 0.2) is 18.2 Å². The number of methoxy groups -OCH3 is 1. The van der Waals surface area contributed by atoms with Crippen LogP contribution in [0.4, 0.5) is 0 Å². The second-order valence-electron chi connectivity index (χ2n) is 3.90. The third-order valence-electron chi connectivity index (χ3n) is 2.52. The minimum atomic E-state index is 0.127. The summed E-state index contributed by atoms with van der Waals surface area (Å²) in [5.74, 6) is 3.07. The molecule has 0 aliphatic carbocycles. The Labute approximate surface area is 103 Å². The van der Waals surface area contributed by atoms with E-state index in [1.807, 2.05) is 23.9 Å². The maximum Gasteiger partial charge on any atom is 0.119 e. The highest BCUT2D eigenvalue weighted by Gasteiger charge is 2.09. The molecule has 0 aromatic heterocycles. The van der Waals surface area contributed by atoms with Gasteiger partial charge in [0.2, 0.25) is 0 Å². The van der Waals surface area contributed by atoms with Crippen LogP contribution in [0.5, 0.6) is 5.75 Å². The van der Waals surface area contributed by atoms with Crippen LogP contribution >= 0.6 is 11.8 Å². The van der Waals surface area contributed by atoms with Crippen LogP contribution in [0.3, 0.4) is 0 Å². The van der Waals surface area contributed by atoms with Crippen molar-refractivity contribution in [2.45, 2.75) is 26.3 Å². The van der Waals surface area contributed by atoms with E-state index in [-0.39, 0.29) is 6.04 Å². The molecule has 1 atom stereocenters. The molecule has 0 spiro atoms. The van der Waals surface area contributed by atoms with E-state index >= 15 is 0 Å². The lowest BCUT2D eigenvalue weighted by atomic mass is 10.0. The van der Waals surface area contributed by atoms with Crippen molar-refractivity contribution in [3.05, 3.63) is 29.3 Å². The fraction of sp³-hybridized carbons (Fsp3) is 0.538. The van der Waals surface area contributed by atoms with E-state index in [9.17, 15) is 0 Å². The molecule has 0 aliphatic heterocycles. The molecule has 0 saturated carbocycles. The predicted molar refractivity (Wildman–Crippen MR) is 72.3 cm³/mol. The van der Waals surface area contributed by atoms with E-state index in [1.165, 1.54) is 23.3 Å². The van der Waals surface area contributed by atoms with Crippen LogP contribution in [0.25, 0.3) is 0 Å². The zero-order valence-corrected chi connectivity index (χ0v) is 11.1. The summed E-state index contributed by atoms with van der Waals surface area (Å²) in [4.78, 5) is 0. The molecule has 2 nitrogen and oxygen atoms in total. The van der Waals surface area contributed by atoms with Gasteiger partial charge in [-0.2, -0.15) is 11.8 Å². The van der Waals surface area contributed by atoms with Crippen LogP contribution in [0.1, 0.15) is 30.5 Å². The van der Waals surface area contributed by atoms with Gasteiger partial charge in [0.1, 0.15) is 5.75 Å². The van der Waals surface area contributed by atoms with Gasteiger partial charge in [0.05, 0.1) is 7.11 Å². The molecule has 0 fully saturated rings. The molecule has 0 saturated heterocycles. The Balaban J connectivity index is 2.64. The third-order valence-corrected chi connectivity index (χ3v) is 3.81. The quantitative estimate of drug-likeness (QED) is 0.775. The second-order valence-corrected chi connectivity index (χ2v) is 5.05. The summed E-state index contributed by atoms with van der Waals surface area (Å²) < 4.78 is 5.18. The molecule has 1 aromatic rings. The molecule has 90 valence electrons. The van der Waals surface area contributed by atoms with Crippen molar-refractivity contribution >= 4 is 11.8 Å². The molecule has 1 unspecified atom stereocenters. The molecule has 16 heavy (non-hydrogen) atoms. The molecule has 2 N–H and O–H groups in total. The fourth-order valence-electron chi connectivity index (χ4n) is 1.64. The summed E-state index contributed by atoms with van der Waals surface area (Å²) in [5, 5.41) is 0. The lowest BCUT2D eigenvalue weighted by molar-refractivity contribution is 0.414. The average Bonchev–Trinajstić information content (AvgIpc) is 2.29. The normalized spacial score (nSPS) is 12.5. The first-order valence-corrected chi connectivity index (χ1v) is 6.82. The molecule has 0 aliphatic rings. The summed E-state index contributed by atoms with van der Waals surface area (Å²) >= 11 is 1.92. The van der Waals surface area contributed by atoms with Crippen molar-refractivity contribution in [3.63, 3.8) is 0 Å². The topological polar surface area (TPSA) is 35.2 Å². The van der Waals surface area contributed by atoms with Crippen LogP contribution in [0.2, 0.25) is 0 Å². The Kier molecular flexibility index (Phi) is 5.71. The van der Waals surface area contributed by atoms with E-state index in [0.29, 0.717) is 0 Å². The van der Waals surface area contributed by atoms with Crippen molar-refractivity contribution < 1.29 is 4.74 Å². The highest BCUT2D eigenvalue weighted by Crippen LogP contribution is 2.23. The van der Waals surface area contributed by atoms with Crippen LogP contribution in [-0.2, 0) is 0 Å². The summed E-state index contributed by atoms with van der Waals surface area (Å²) in [7, 11) is 1.69. The number of hydrogen-bond acceptors (Lipinski definition) is 3. The first-order chi connectivity index (χ1) is 7.69. The number of rotatable bonds is 6. The van der Waals surface area contributed by atoms with Gasteiger partial charge >= 0.3 is 0 Å². The smallest absolute Gasteiger partial charge is 0.119 e. The van der Waals surface area contributed by atoms with Crippen LogP contribution < -0.4 is 10.5 Å². The van der Waals surface area contributed by atoms with E-state index in [0.717, 1.165) is 11.5 Å². The standard InChI is InChI=1S/C13H21NOS/c1-4-7-16-9-13(14)12-6-5-11(15-3)8-10(12)2/h5-6,8,13H,4,7,9,14H2,1-3H3. The maximum absolute atomic E-state index is 6.17. The summed E-state index contributed by atoms with van der Waals surface area (Å²) in [6, 6.07) is 6.22. The van der Waals surface area contributed by atoms with Crippen LogP contribution in [-0.4, -0.2) is 18.6 Å². The van der Waals surface area contributed by atoms with Gasteiger partial charge in [0.15, 0.2) is 0 Å². The van der Waals surface area contributed by atoms with Crippen molar-refractivity contribution in [2.24, 2.45) is 5.73 Å². The second kappa shape index (κ2) is 6.81. The van der Waals surface area contributed by atoms with Gasteiger partial charge in [-0.1, -0.05) is 13.0 Å². The number of nitrogens with two attached hydrogens (primary N) is 1. The Bertz CT molecular complexity index is 328. The summed E-state index contributed by atoms with van der Waals surface area (Å²) in [6.07, 6.45) is 1.21. The van der Waals surface area contributed by atoms with Gasteiger partial charge < -0.3 is 10.5 Å². The lowest BCUT2D eigenvalue weighted by Crippen LogP contribution is -2.14. The molecule has 0 heterocycles. The molecular weight excluding hydrogens is 218 g/mol. The monoisotopic (exact) mass is 239 g/mol. The van der Waals surface area contributed by atoms with Crippen molar-refractivity contribution in [3.8, 4) is 5.75 Å². The number of hydrogen-bond donors (Lipinski definition) is 1. The van der Waals surface area contributed by atoms with E-state index in [1.54, 1.807) is 7.11 Å². The summed E-state index contributed by atoms with van der Waals surface area (Å²) in [5.41, 5.74) is 8.60. The van der Waals surface area contributed by atoms with Gasteiger partial charge in [0, 0.05) is 11.8 Å². The highest BCUT2D eigenvalue weighted by atomic mass is 32.2. The van der Waals surface area contributed by atoms with Gasteiger partial charge in [-0.25, -0.2) is 0 Å². The van der Waals surface area contributed by atoms with Gasteiger partial charge in [-0.05, 0) is 42.4 Å². The van der Waals surface area contributed by atoms with Gasteiger partial charge in [-0.15, -0.1) is 0 Å². The van der Waals surface area contributed by atoms with Crippen molar-refractivity contribution in [2.75, 3.05) is 18.6 Å². The Hall–Kier alpha value is -0.670. The fourth-order valence-corrected chi connectivity index (χ4v) is 2.52. The Morgan fingerprint density at radius 2 is 2.19 bits per heavy atom. The molecule has 0 radical (unpaired) electrons.